The molecule has 2 amide bonds. The summed E-state index contributed by atoms with van der Waals surface area (Å²) in [7, 11) is 2.08. The molecule has 2 aromatic rings. The molecule has 1 aliphatic heterocycles. The third kappa shape index (κ3) is 3.81. The lowest BCUT2D eigenvalue weighted by molar-refractivity contribution is 0.262. The van der Waals surface area contributed by atoms with Crippen LogP contribution in [-0.2, 0) is 13.0 Å². The average molecular weight is 334 g/mol. The number of anilines is 2. The number of carbonyl (C=O) groups excluding carboxylic acids is 1. The number of amides is 2. The average Bonchev–Trinajstić information content (AvgIpc) is 2.50. The van der Waals surface area contributed by atoms with Gasteiger partial charge in [-0.1, -0.05) is 17.7 Å². The van der Waals surface area contributed by atoms with E-state index in [1.807, 2.05) is 18.2 Å². The molecule has 23 heavy (non-hydrogen) atoms. The van der Waals surface area contributed by atoms with Crippen molar-refractivity contribution in [3.63, 3.8) is 0 Å². The van der Waals surface area contributed by atoms with Crippen LogP contribution in [0.5, 0.6) is 0 Å². The van der Waals surface area contributed by atoms with Gasteiger partial charge in [0.25, 0.3) is 0 Å². The van der Waals surface area contributed by atoms with Crippen LogP contribution in [0.3, 0.4) is 0 Å². The molecule has 2 N–H and O–H groups in total. The fraction of sp³-hybridized carbons (Fsp3) is 0.235. The first kappa shape index (κ1) is 15.8. The standard InChI is InChI=1S/C17H17ClFN3O/c1-22-7-6-11-2-3-13(8-12(11)10-22)20-17(23)21-14-4-5-16(19)15(18)9-14/h2-5,8-9H,6-7,10H2,1H3,(H2,20,21,23). The zero-order valence-electron chi connectivity index (χ0n) is 12.7. The van der Waals surface area contributed by atoms with E-state index in [0.717, 1.165) is 25.2 Å². The second-order valence-electron chi connectivity index (χ2n) is 5.68. The molecule has 0 aliphatic carbocycles. The van der Waals surface area contributed by atoms with Crippen molar-refractivity contribution in [2.75, 3.05) is 24.2 Å². The van der Waals surface area contributed by atoms with Crippen molar-refractivity contribution < 1.29 is 9.18 Å². The van der Waals surface area contributed by atoms with E-state index in [0.29, 0.717) is 5.69 Å². The maximum Gasteiger partial charge on any atom is 0.323 e. The molecule has 120 valence electrons. The summed E-state index contributed by atoms with van der Waals surface area (Å²) < 4.78 is 13.1. The monoisotopic (exact) mass is 333 g/mol. The lowest BCUT2D eigenvalue weighted by Crippen LogP contribution is -2.26. The molecule has 2 aromatic carbocycles. The molecule has 0 radical (unpaired) electrons. The largest absolute Gasteiger partial charge is 0.323 e. The van der Waals surface area contributed by atoms with Gasteiger partial charge < -0.3 is 15.5 Å². The van der Waals surface area contributed by atoms with E-state index >= 15 is 0 Å². The smallest absolute Gasteiger partial charge is 0.308 e. The number of urea groups is 1. The summed E-state index contributed by atoms with van der Waals surface area (Å²) in [6.07, 6.45) is 1.02. The fourth-order valence-corrected chi connectivity index (χ4v) is 2.82. The second kappa shape index (κ2) is 6.56. The number of carbonyl (C=O) groups is 1. The van der Waals surface area contributed by atoms with Crippen molar-refractivity contribution in [2.45, 2.75) is 13.0 Å². The van der Waals surface area contributed by atoms with Gasteiger partial charge in [0, 0.05) is 24.5 Å². The van der Waals surface area contributed by atoms with Crippen molar-refractivity contribution in [3.8, 4) is 0 Å². The number of hydrogen-bond acceptors (Lipinski definition) is 2. The number of hydrogen-bond donors (Lipinski definition) is 2. The third-order valence-corrected chi connectivity index (χ3v) is 4.13. The Balaban J connectivity index is 1.68. The van der Waals surface area contributed by atoms with Crippen LogP contribution in [0.15, 0.2) is 36.4 Å². The summed E-state index contributed by atoms with van der Waals surface area (Å²) >= 11 is 5.70. The summed E-state index contributed by atoms with van der Waals surface area (Å²) in [5, 5.41) is 5.39. The number of nitrogens with zero attached hydrogens (tertiary/aromatic N) is 1. The molecule has 1 aliphatic rings. The van der Waals surface area contributed by atoms with Gasteiger partial charge in [-0.05, 0) is 54.9 Å². The Morgan fingerprint density at radius 2 is 1.83 bits per heavy atom. The molecule has 0 unspecified atom stereocenters. The van der Waals surface area contributed by atoms with Crippen LogP contribution >= 0.6 is 11.6 Å². The highest BCUT2D eigenvalue weighted by molar-refractivity contribution is 6.31. The predicted molar refractivity (Wildman–Crippen MR) is 90.5 cm³/mol. The molecule has 3 rings (SSSR count). The summed E-state index contributed by atoms with van der Waals surface area (Å²) in [6, 6.07) is 9.58. The van der Waals surface area contributed by atoms with E-state index in [4.69, 9.17) is 11.6 Å². The van der Waals surface area contributed by atoms with Crippen LogP contribution in [0, 0.1) is 5.82 Å². The minimum Gasteiger partial charge on any atom is -0.308 e. The van der Waals surface area contributed by atoms with Gasteiger partial charge in [-0.15, -0.1) is 0 Å². The number of nitrogens with one attached hydrogen (secondary N) is 2. The first-order valence-electron chi connectivity index (χ1n) is 7.34. The fourth-order valence-electron chi connectivity index (χ4n) is 2.64. The number of benzene rings is 2. The summed E-state index contributed by atoms with van der Waals surface area (Å²) in [4.78, 5) is 14.3. The molecule has 0 fully saturated rings. The highest BCUT2D eigenvalue weighted by Crippen LogP contribution is 2.23. The molecule has 4 nitrogen and oxygen atoms in total. The van der Waals surface area contributed by atoms with E-state index < -0.39 is 11.8 Å². The van der Waals surface area contributed by atoms with E-state index in [1.54, 1.807) is 0 Å². The van der Waals surface area contributed by atoms with Crippen molar-refractivity contribution in [1.29, 1.82) is 0 Å². The van der Waals surface area contributed by atoms with Crippen LogP contribution in [-0.4, -0.2) is 24.5 Å². The molecular formula is C17H17ClFN3O. The third-order valence-electron chi connectivity index (χ3n) is 3.84. The number of likely N-dealkylation sites (N-methyl/N-ethyl adjacent to an activating group) is 1. The van der Waals surface area contributed by atoms with Crippen LogP contribution in [0.1, 0.15) is 11.1 Å². The van der Waals surface area contributed by atoms with Crippen LogP contribution in [0.2, 0.25) is 5.02 Å². The Kier molecular flexibility index (Phi) is 4.50. The predicted octanol–water partition coefficient (Wildman–Crippen LogP) is 4.11. The highest BCUT2D eigenvalue weighted by atomic mass is 35.5. The molecule has 6 heteroatoms. The highest BCUT2D eigenvalue weighted by Gasteiger charge is 2.14. The second-order valence-corrected chi connectivity index (χ2v) is 6.09. The van der Waals surface area contributed by atoms with E-state index in [1.165, 1.54) is 29.3 Å². The molecule has 0 saturated carbocycles. The Hall–Kier alpha value is -2.11. The van der Waals surface area contributed by atoms with Gasteiger partial charge in [0.05, 0.1) is 5.02 Å². The zero-order chi connectivity index (χ0) is 16.4. The summed E-state index contributed by atoms with van der Waals surface area (Å²) in [5.41, 5.74) is 3.71. The van der Waals surface area contributed by atoms with E-state index in [9.17, 15) is 9.18 Å². The SMILES string of the molecule is CN1CCc2ccc(NC(=O)Nc3ccc(F)c(Cl)c3)cc2C1. The van der Waals surface area contributed by atoms with Gasteiger partial charge in [0.2, 0.25) is 0 Å². The van der Waals surface area contributed by atoms with Gasteiger partial charge in [-0.3, -0.25) is 0 Å². The maximum absolute atomic E-state index is 13.1. The minimum absolute atomic E-state index is 0.0281. The molecule has 0 aromatic heterocycles. The molecule has 0 spiro atoms. The normalized spacial score (nSPS) is 14.2. The molecule has 0 atom stereocenters. The van der Waals surface area contributed by atoms with Crippen LogP contribution in [0.25, 0.3) is 0 Å². The van der Waals surface area contributed by atoms with Crippen LogP contribution in [0.4, 0.5) is 20.6 Å². The van der Waals surface area contributed by atoms with Gasteiger partial charge in [0.15, 0.2) is 0 Å². The maximum atomic E-state index is 13.1. The van der Waals surface area contributed by atoms with E-state index in [2.05, 4.69) is 22.6 Å². The number of fused-ring (bicyclic) bond motifs is 1. The van der Waals surface area contributed by atoms with Crippen LogP contribution < -0.4 is 10.6 Å². The first-order valence-corrected chi connectivity index (χ1v) is 7.72. The number of rotatable bonds is 2. The van der Waals surface area contributed by atoms with Gasteiger partial charge in [0.1, 0.15) is 5.82 Å². The van der Waals surface area contributed by atoms with Gasteiger partial charge in [-0.2, -0.15) is 0 Å². The minimum atomic E-state index is -0.517. The van der Waals surface area contributed by atoms with Crippen molar-refractivity contribution in [1.82, 2.24) is 4.90 Å². The van der Waals surface area contributed by atoms with E-state index in [-0.39, 0.29) is 5.02 Å². The molecule has 1 heterocycles. The van der Waals surface area contributed by atoms with Gasteiger partial charge >= 0.3 is 6.03 Å². The Bertz CT molecular complexity index is 751. The lowest BCUT2D eigenvalue weighted by atomic mass is 9.99. The Morgan fingerprint density at radius 1 is 1.13 bits per heavy atom. The Labute approximate surface area is 139 Å². The molecular weight excluding hydrogens is 317 g/mol. The number of halogens is 2. The lowest BCUT2D eigenvalue weighted by Gasteiger charge is -2.25. The zero-order valence-corrected chi connectivity index (χ0v) is 13.5. The van der Waals surface area contributed by atoms with Crippen molar-refractivity contribution in [2.24, 2.45) is 0 Å². The quantitative estimate of drug-likeness (QED) is 0.868. The Morgan fingerprint density at radius 3 is 2.57 bits per heavy atom. The first-order chi connectivity index (χ1) is 11.0. The summed E-state index contributed by atoms with van der Waals surface area (Å²) in [5.74, 6) is -0.517. The molecule has 0 saturated heterocycles. The van der Waals surface area contributed by atoms with Crippen molar-refractivity contribution in [3.05, 3.63) is 58.4 Å². The molecule has 0 bridgehead atoms. The van der Waals surface area contributed by atoms with Crippen molar-refractivity contribution >= 4 is 29.0 Å². The topological polar surface area (TPSA) is 44.4 Å². The van der Waals surface area contributed by atoms with Gasteiger partial charge in [-0.25, -0.2) is 9.18 Å². The summed E-state index contributed by atoms with van der Waals surface area (Å²) in [6.45, 7) is 1.92.